The van der Waals surface area contributed by atoms with Gasteiger partial charge in [-0.3, -0.25) is 4.79 Å². The zero-order valence-corrected chi connectivity index (χ0v) is 13.1. The lowest BCUT2D eigenvalue weighted by atomic mass is 10.2. The Balaban J connectivity index is 0.00000106. The average molecular weight is 305 g/mol. The van der Waals surface area contributed by atoms with E-state index in [-0.39, 0.29) is 10.8 Å². The van der Waals surface area contributed by atoms with Crippen LogP contribution in [0.2, 0.25) is 0 Å². The molecule has 0 spiro atoms. The molecule has 0 fully saturated rings. The largest absolute Gasteiger partial charge is 0.322 e. The lowest BCUT2D eigenvalue weighted by Gasteiger charge is -2.05. The molecule has 0 radical (unpaired) electrons. The molecular formula is C16H19NO3S. The number of benzene rings is 2. The molecule has 1 N–H and O–H groups in total. The van der Waals surface area contributed by atoms with Crippen LogP contribution in [0.15, 0.2) is 59.5 Å². The Morgan fingerprint density at radius 2 is 1.43 bits per heavy atom. The summed E-state index contributed by atoms with van der Waals surface area (Å²) in [4.78, 5) is 12.1. The number of amides is 1. The van der Waals surface area contributed by atoms with Gasteiger partial charge < -0.3 is 5.32 Å². The number of hydrogen-bond donors (Lipinski definition) is 1. The van der Waals surface area contributed by atoms with E-state index in [1.807, 2.05) is 32.0 Å². The van der Waals surface area contributed by atoms with Crippen molar-refractivity contribution < 1.29 is 13.2 Å². The van der Waals surface area contributed by atoms with Crippen LogP contribution in [-0.2, 0) is 9.84 Å². The highest BCUT2D eigenvalue weighted by Gasteiger charge is 2.09. The van der Waals surface area contributed by atoms with E-state index >= 15 is 0 Å². The van der Waals surface area contributed by atoms with Gasteiger partial charge in [-0.05, 0) is 36.4 Å². The maximum absolute atomic E-state index is 11.9. The monoisotopic (exact) mass is 305 g/mol. The van der Waals surface area contributed by atoms with E-state index in [4.69, 9.17) is 0 Å². The first-order valence-electron chi connectivity index (χ1n) is 6.63. The van der Waals surface area contributed by atoms with E-state index in [9.17, 15) is 13.2 Å². The molecule has 0 aliphatic carbocycles. The zero-order valence-electron chi connectivity index (χ0n) is 12.3. The fraction of sp³-hybridized carbons (Fsp3) is 0.188. The molecule has 0 aliphatic heterocycles. The van der Waals surface area contributed by atoms with E-state index in [0.29, 0.717) is 11.3 Å². The highest BCUT2D eigenvalue weighted by atomic mass is 32.2. The normalized spacial score (nSPS) is 10.2. The lowest BCUT2D eigenvalue weighted by Crippen LogP contribution is -2.11. The van der Waals surface area contributed by atoms with Crippen LogP contribution in [0.25, 0.3) is 0 Å². The topological polar surface area (TPSA) is 63.2 Å². The molecule has 5 heteroatoms. The zero-order chi connectivity index (χ0) is 15.9. The minimum atomic E-state index is -3.24. The Kier molecular flexibility index (Phi) is 6.11. The summed E-state index contributed by atoms with van der Waals surface area (Å²) in [5, 5.41) is 2.73. The molecule has 2 aromatic carbocycles. The molecule has 0 saturated carbocycles. The average Bonchev–Trinajstić information content (AvgIpc) is 2.49. The quantitative estimate of drug-likeness (QED) is 0.945. The summed E-state index contributed by atoms with van der Waals surface area (Å²) in [6, 6.07) is 14.9. The second-order valence-electron chi connectivity index (χ2n) is 4.12. The van der Waals surface area contributed by atoms with E-state index < -0.39 is 9.84 Å². The molecular weight excluding hydrogens is 286 g/mol. The summed E-state index contributed by atoms with van der Waals surface area (Å²) in [7, 11) is -3.24. The standard InChI is InChI=1S/C14H13NO3S.C2H6/c1-19(17,18)13-9-7-11(8-10-13)14(16)15-12-5-3-2-4-6-12;1-2/h2-10H,1H3,(H,15,16);1-2H3. The molecule has 4 nitrogen and oxygen atoms in total. The Morgan fingerprint density at radius 1 is 0.905 bits per heavy atom. The van der Waals surface area contributed by atoms with Crippen molar-refractivity contribution in [3.8, 4) is 0 Å². The van der Waals surface area contributed by atoms with E-state index in [2.05, 4.69) is 5.32 Å². The van der Waals surface area contributed by atoms with Crippen molar-refractivity contribution in [3.63, 3.8) is 0 Å². The van der Waals surface area contributed by atoms with Crippen molar-refractivity contribution in [2.75, 3.05) is 11.6 Å². The second-order valence-corrected chi connectivity index (χ2v) is 6.13. The molecule has 0 saturated heterocycles. The fourth-order valence-corrected chi connectivity index (χ4v) is 2.21. The summed E-state index contributed by atoms with van der Waals surface area (Å²) in [6.07, 6.45) is 1.13. The number of carbonyl (C=O) groups excluding carboxylic acids is 1. The van der Waals surface area contributed by atoms with Crippen LogP contribution in [0.5, 0.6) is 0 Å². The second kappa shape index (κ2) is 7.59. The predicted molar refractivity (Wildman–Crippen MR) is 85.3 cm³/mol. The van der Waals surface area contributed by atoms with Gasteiger partial charge in [0.25, 0.3) is 5.91 Å². The van der Waals surface area contributed by atoms with Gasteiger partial charge in [0.05, 0.1) is 4.90 Å². The molecule has 0 aromatic heterocycles. The molecule has 2 aromatic rings. The third-order valence-electron chi connectivity index (χ3n) is 2.58. The molecule has 2 rings (SSSR count). The number of anilines is 1. The maximum atomic E-state index is 11.9. The van der Waals surface area contributed by atoms with Gasteiger partial charge in [-0.1, -0.05) is 32.0 Å². The molecule has 0 atom stereocenters. The van der Waals surface area contributed by atoms with Gasteiger partial charge in [-0.15, -0.1) is 0 Å². The predicted octanol–water partition coefficient (Wildman–Crippen LogP) is 3.37. The number of para-hydroxylation sites is 1. The van der Waals surface area contributed by atoms with Crippen molar-refractivity contribution in [1.29, 1.82) is 0 Å². The molecule has 21 heavy (non-hydrogen) atoms. The van der Waals surface area contributed by atoms with Crippen molar-refractivity contribution >= 4 is 21.4 Å². The minimum Gasteiger partial charge on any atom is -0.322 e. The maximum Gasteiger partial charge on any atom is 0.255 e. The van der Waals surface area contributed by atoms with Gasteiger partial charge >= 0.3 is 0 Å². The van der Waals surface area contributed by atoms with Gasteiger partial charge in [-0.2, -0.15) is 0 Å². The lowest BCUT2D eigenvalue weighted by molar-refractivity contribution is 0.102. The third-order valence-corrected chi connectivity index (χ3v) is 3.70. The first-order chi connectivity index (χ1) is 9.97. The molecule has 112 valence electrons. The van der Waals surface area contributed by atoms with Crippen LogP contribution in [-0.4, -0.2) is 20.6 Å². The van der Waals surface area contributed by atoms with E-state index in [1.54, 1.807) is 12.1 Å². The van der Waals surface area contributed by atoms with Crippen LogP contribution in [0, 0.1) is 0 Å². The van der Waals surface area contributed by atoms with E-state index in [1.165, 1.54) is 24.3 Å². The molecule has 1 amide bonds. The minimum absolute atomic E-state index is 0.198. The summed E-state index contributed by atoms with van der Waals surface area (Å²) < 4.78 is 22.6. The van der Waals surface area contributed by atoms with Crippen LogP contribution < -0.4 is 5.32 Å². The Bertz CT molecular complexity index is 677. The van der Waals surface area contributed by atoms with Crippen molar-refractivity contribution in [1.82, 2.24) is 0 Å². The van der Waals surface area contributed by atoms with Crippen LogP contribution in [0.3, 0.4) is 0 Å². The Labute approximate surface area is 125 Å². The smallest absolute Gasteiger partial charge is 0.255 e. The molecule has 0 bridgehead atoms. The summed E-state index contributed by atoms with van der Waals surface area (Å²) >= 11 is 0. The summed E-state index contributed by atoms with van der Waals surface area (Å²) in [6.45, 7) is 4.00. The van der Waals surface area contributed by atoms with Gasteiger partial charge in [0, 0.05) is 17.5 Å². The summed E-state index contributed by atoms with van der Waals surface area (Å²) in [5.41, 5.74) is 1.11. The van der Waals surface area contributed by atoms with Crippen molar-refractivity contribution in [2.45, 2.75) is 18.7 Å². The van der Waals surface area contributed by atoms with Crippen molar-refractivity contribution in [3.05, 3.63) is 60.2 Å². The number of nitrogens with one attached hydrogen (secondary N) is 1. The highest BCUT2D eigenvalue weighted by molar-refractivity contribution is 7.90. The Morgan fingerprint density at radius 3 is 1.90 bits per heavy atom. The van der Waals surface area contributed by atoms with Gasteiger partial charge in [0.1, 0.15) is 0 Å². The van der Waals surface area contributed by atoms with Crippen LogP contribution in [0.1, 0.15) is 24.2 Å². The van der Waals surface area contributed by atoms with Crippen molar-refractivity contribution in [2.24, 2.45) is 0 Å². The fourth-order valence-electron chi connectivity index (χ4n) is 1.58. The first kappa shape index (κ1) is 16.9. The van der Waals surface area contributed by atoms with Gasteiger partial charge in [0.15, 0.2) is 9.84 Å². The number of sulfone groups is 1. The highest BCUT2D eigenvalue weighted by Crippen LogP contribution is 2.12. The SMILES string of the molecule is CC.CS(=O)(=O)c1ccc(C(=O)Nc2ccccc2)cc1. The molecule has 0 aliphatic rings. The Hall–Kier alpha value is -2.14. The number of carbonyl (C=O) groups is 1. The van der Waals surface area contributed by atoms with Crippen LogP contribution >= 0.6 is 0 Å². The third kappa shape index (κ3) is 5.04. The molecule has 0 heterocycles. The van der Waals surface area contributed by atoms with Gasteiger partial charge in [-0.25, -0.2) is 8.42 Å². The molecule has 0 unspecified atom stereocenters. The number of rotatable bonds is 3. The number of hydrogen-bond acceptors (Lipinski definition) is 3. The summed E-state index contributed by atoms with van der Waals surface area (Å²) in [5.74, 6) is -0.272. The van der Waals surface area contributed by atoms with Gasteiger partial charge in [0.2, 0.25) is 0 Å². The first-order valence-corrected chi connectivity index (χ1v) is 8.52. The van der Waals surface area contributed by atoms with Crippen LogP contribution in [0.4, 0.5) is 5.69 Å². The van der Waals surface area contributed by atoms with E-state index in [0.717, 1.165) is 6.26 Å².